The van der Waals surface area contributed by atoms with Crippen molar-refractivity contribution >= 4 is 111 Å². The Labute approximate surface area is 706 Å². The van der Waals surface area contributed by atoms with Crippen molar-refractivity contribution in [3.63, 3.8) is 0 Å². The fraction of sp³-hybridized carbons (Fsp3) is 0.425. The zero-order valence-corrected chi connectivity index (χ0v) is 68.8. The van der Waals surface area contributed by atoms with Crippen LogP contribution in [-0.2, 0) is 108 Å². The summed E-state index contributed by atoms with van der Waals surface area (Å²) in [5, 5.41) is 76.0. The Morgan fingerprint density at radius 3 is 1.65 bits per heavy atom. The molecule has 1 aliphatic rings. The smallest absolute Gasteiger partial charge is 0.245 e. The molecule has 8 rings (SSSR count). The molecule has 13 amide bonds. The van der Waals surface area contributed by atoms with Crippen molar-refractivity contribution in [2.24, 2.45) is 24.2 Å². The number of hydrogen-bond donors (Lipinski definition) is 23. The SMILES string of the molecule is CC[C@H]1NC(=O)[C@@H](Cc2ccccc2)NC(=O)CSC[C@H](C(=O)NCC(N)=O)NC(=O)[C@@H](Cc2cncn2C)NC(=O)[C@@H](CCCNC(=N)N)NC(=O)[C@@H](Cc2c[nH]cn2)NC(=O)[C@@H](Cc2ccc(O)cc2)N(C)C[C@@H](CCCNC(=N)N)NC(=O)[C@@H](CO)NC(=O)[C@H](C)NC(=O)C(Cc2c[nH]cn2)NC(=O)[C@@H](Cc2cccc3ccccc23)NC1=O. The molecule has 41 nitrogen and oxygen atoms in total. The van der Waals surface area contributed by atoms with Crippen molar-refractivity contribution < 1.29 is 72.5 Å². The minimum Gasteiger partial charge on any atom is -0.508 e. The van der Waals surface area contributed by atoms with Crippen LogP contribution in [0.2, 0.25) is 0 Å². The number of aromatic amines is 2. The van der Waals surface area contributed by atoms with E-state index in [-0.39, 0.29) is 113 Å². The van der Waals surface area contributed by atoms with Gasteiger partial charge in [-0.1, -0.05) is 91.9 Å². The number of nitrogens with two attached hydrogens (primary N) is 3. The summed E-state index contributed by atoms with van der Waals surface area (Å²) in [5.41, 5.74) is 19.3. The third-order valence-electron chi connectivity index (χ3n) is 20.0. The van der Waals surface area contributed by atoms with Gasteiger partial charge in [0, 0.05) is 94.9 Å². The largest absolute Gasteiger partial charge is 0.508 e. The van der Waals surface area contributed by atoms with Crippen LogP contribution < -0.4 is 91.6 Å². The number of fused-ring (bicyclic) bond motifs is 1. The van der Waals surface area contributed by atoms with Crippen molar-refractivity contribution in [1.29, 1.82) is 10.8 Å². The topological polar surface area (TPSA) is 635 Å². The standard InChI is InChI=1S/C80H108N26O15S/c1-5-56-70(113)99-59(30-49-18-11-17-48-16-9-10-20-55(48)49)74(117)100-60(31-51-34-86-42-92-51)72(115)94-45(2)68(111)103-63(39-107)77(120)95-50(19-12-26-89-79(82)83)38-105(3)65(29-47-22-24-54(108)25-23-47)78(121)102-61(32-52-35-87-43-93-52)75(118)98-57(21-13-27-90-80(84)85)71(114)101-62(33-53-36-88-44-106(53)4)76(119)104-64(69(112)91-37-66(81)109)40-122-41-67(110)96-58(73(116)97-56)28-46-14-7-6-8-15-46/h6-11,14-18,20,22-25,34-36,42-45,50,56-65,107-108H,5,12-13,19,21,26-33,37-41H2,1-4H3,(H2,81,109)(H,86,92)(H,87,93)(H,91,112)(H,94,115)(H,95,120)(H,96,110)(H,97,116)(H,98,118)(H,99,113)(H,100,117)(H,101,114)(H,102,121)(H,103,111)(H,104,119)(H4,82,83,89)(H4,84,85,90)/t45-,50+,56+,57+,58+,59+,60?,61+,62+,63+,64+,65+/m0/s1. The molecule has 0 bridgehead atoms. The molecule has 3 aromatic heterocycles. The number of aliphatic hydroxyl groups excluding tert-OH is 1. The summed E-state index contributed by atoms with van der Waals surface area (Å²) in [6.07, 6.45) is 7.18. The molecule has 1 saturated heterocycles. The lowest BCUT2D eigenvalue weighted by molar-refractivity contribution is -0.135. The molecule has 654 valence electrons. The number of benzene rings is 4. The Balaban J connectivity index is 1.19. The first-order valence-electron chi connectivity index (χ1n) is 39.6. The quantitative estimate of drug-likeness (QED) is 0.0145. The summed E-state index contributed by atoms with van der Waals surface area (Å²) >= 11 is 0.813. The number of nitrogens with one attached hydrogen (secondary N) is 18. The van der Waals surface area contributed by atoms with E-state index in [1.807, 2.05) is 24.3 Å². The lowest BCUT2D eigenvalue weighted by atomic mass is 9.97. The number of phenols is 1. The molecule has 4 heterocycles. The number of nitrogens with zero attached hydrogens (tertiary/aromatic N) is 5. The third-order valence-corrected chi connectivity index (χ3v) is 21.0. The highest BCUT2D eigenvalue weighted by Gasteiger charge is 2.38. The number of likely N-dealkylation sites (N-methyl/N-ethyl adjacent to an activating group) is 1. The van der Waals surface area contributed by atoms with Crippen LogP contribution in [0.15, 0.2) is 135 Å². The average molecular weight is 1710 g/mol. The number of carbonyl (C=O) groups is 13. The summed E-state index contributed by atoms with van der Waals surface area (Å²) in [6, 6.07) is 9.51. The number of thioether (sulfide) groups is 1. The molecule has 0 radical (unpaired) electrons. The van der Waals surface area contributed by atoms with Gasteiger partial charge in [-0.25, -0.2) is 15.0 Å². The highest BCUT2D eigenvalue weighted by molar-refractivity contribution is 8.00. The highest BCUT2D eigenvalue weighted by atomic mass is 32.2. The Morgan fingerprint density at radius 1 is 0.541 bits per heavy atom. The fourth-order valence-corrected chi connectivity index (χ4v) is 14.2. The number of aryl methyl sites for hydroxylation is 1. The normalized spacial score (nSPS) is 22.5. The van der Waals surface area contributed by atoms with Gasteiger partial charge in [0.1, 0.15) is 66.2 Å². The molecule has 7 aromatic rings. The molecule has 1 unspecified atom stereocenters. The third kappa shape index (κ3) is 30.1. The predicted molar refractivity (Wildman–Crippen MR) is 450 cm³/mol. The van der Waals surface area contributed by atoms with Gasteiger partial charge in [-0.3, -0.25) is 78.0 Å². The fourth-order valence-electron chi connectivity index (χ4n) is 13.4. The minimum atomic E-state index is -1.71. The van der Waals surface area contributed by atoms with Gasteiger partial charge in [-0.05, 0) is 92.1 Å². The molecule has 1 fully saturated rings. The minimum absolute atomic E-state index is 0.00254. The summed E-state index contributed by atoms with van der Waals surface area (Å²) in [4.78, 5) is 210. The lowest BCUT2D eigenvalue weighted by Crippen LogP contribution is -2.61. The van der Waals surface area contributed by atoms with Crippen LogP contribution in [0.1, 0.15) is 79.7 Å². The molecule has 4 aromatic carbocycles. The first-order valence-corrected chi connectivity index (χ1v) is 40.7. The summed E-state index contributed by atoms with van der Waals surface area (Å²) in [6.45, 7) is 1.12. The molecular weight excluding hydrogens is 1600 g/mol. The first kappa shape index (κ1) is 94.0. The van der Waals surface area contributed by atoms with E-state index in [2.05, 4.69) is 99.4 Å². The van der Waals surface area contributed by atoms with Gasteiger partial charge in [-0.15, -0.1) is 11.8 Å². The highest BCUT2D eigenvalue weighted by Crippen LogP contribution is 2.22. The number of aliphatic hydroxyl groups is 1. The lowest BCUT2D eigenvalue weighted by Gasteiger charge is -2.33. The van der Waals surface area contributed by atoms with E-state index in [1.54, 1.807) is 91.1 Å². The van der Waals surface area contributed by atoms with Crippen LogP contribution >= 0.6 is 11.8 Å². The predicted octanol–water partition coefficient (Wildman–Crippen LogP) is -4.59. The van der Waals surface area contributed by atoms with Gasteiger partial charge >= 0.3 is 0 Å². The number of guanidine groups is 2. The van der Waals surface area contributed by atoms with Gasteiger partial charge in [0.25, 0.3) is 0 Å². The molecule has 12 atom stereocenters. The summed E-state index contributed by atoms with van der Waals surface area (Å²) in [7, 11) is 3.16. The monoisotopic (exact) mass is 1700 g/mol. The maximum atomic E-state index is 15.4. The molecule has 0 aliphatic carbocycles. The Bertz CT molecular complexity index is 4730. The number of imidazole rings is 3. The number of amides is 13. The number of rotatable bonds is 25. The first-order chi connectivity index (χ1) is 58.4. The van der Waals surface area contributed by atoms with E-state index in [0.29, 0.717) is 27.8 Å². The van der Waals surface area contributed by atoms with Crippen LogP contribution in [-0.4, -0.2) is 257 Å². The second kappa shape index (κ2) is 47.3. The van der Waals surface area contributed by atoms with Crippen molar-refractivity contribution in [3.05, 3.63) is 168 Å². The molecule has 1 aliphatic heterocycles. The zero-order chi connectivity index (χ0) is 88.4. The molecule has 122 heavy (non-hydrogen) atoms. The van der Waals surface area contributed by atoms with Crippen molar-refractivity contribution in [2.45, 2.75) is 157 Å². The summed E-state index contributed by atoms with van der Waals surface area (Å²) < 4.78 is 1.55. The van der Waals surface area contributed by atoms with E-state index in [4.69, 9.17) is 28.0 Å². The van der Waals surface area contributed by atoms with Crippen LogP contribution in [0.5, 0.6) is 5.75 Å². The Kier molecular flexibility index (Phi) is 36.5. The maximum Gasteiger partial charge on any atom is 0.245 e. The van der Waals surface area contributed by atoms with Gasteiger partial charge in [0.15, 0.2) is 11.9 Å². The number of aromatic hydroxyl groups is 1. The molecular formula is C80H108N26O15S. The van der Waals surface area contributed by atoms with E-state index in [9.17, 15) is 48.6 Å². The van der Waals surface area contributed by atoms with Crippen molar-refractivity contribution in [1.82, 2.24) is 109 Å². The summed E-state index contributed by atoms with van der Waals surface area (Å²) in [5.74, 6) is -13.6. The van der Waals surface area contributed by atoms with Gasteiger partial charge in [0.05, 0.1) is 55.3 Å². The van der Waals surface area contributed by atoms with Crippen LogP contribution in [0.3, 0.4) is 0 Å². The second-order valence-electron chi connectivity index (χ2n) is 29.4. The molecule has 0 saturated carbocycles. The van der Waals surface area contributed by atoms with Crippen LogP contribution in [0.25, 0.3) is 10.8 Å². The maximum absolute atomic E-state index is 15.4. The van der Waals surface area contributed by atoms with Crippen LogP contribution in [0.4, 0.5) is 0 Å². The van der Waals surface area contributed by atoms with Crippen LogP contribution in [0, 0.1) is 10.8 Å². The second-order valence-corrected chi connectivity index (χ2v) is 30.4. The van der Waals surface area contributed by atoms with E-state index in [1.165, 1.54) is 56.6 Å². The molecule has 0 spiro atoms. The van der Waals surface area contributed by atoms with E-state index < -0.39 is 180 Å². The number of H-pyrrole nitrogens is 2. The van der Waals surface area contributed by atoms with E-state index >= 15 is 24.0 Å². The molecule has 42 heteroatoms. The van der Waals surface area contributed by atoms with E-state index in [0.717, 1.165) is 17.1 Å². The van der Waals surface area contributed by atoms with Crippen molar-refractivity contribution in [3.8, 4) is 5.75 Å². The average Bonchev–Trinajstić information content (AvgIpc) is 1.19. The Hall–Kier alpha value is -13.5. The number of hydrogen-bond acceptors (Lipinski definition) is 22. The molecule has 26 N–H and O–H groups in total. The van der Waals surface area contributed by atoms with Gasteiger partial charge in [0.2, 0.25) is 76.8 Å². The van der Waals surface area contributed by atoms with Gasteiger partial charge < -0.3 is 116 Å². The van der Waals surface area contributed by atoms with Crippen molar-refractivity contribution in [2.75, 3.05) is 51.3 Å². The Morgan fingerprint density at radius 2 is 1.06 bits per heavy atom. The number of phenolic OH excluding ortho intramolecular Hbond substituents is 1. The van der Waals surface area contributed by atoms with Gasteiger partial charge in [-0.2, -0.15) is 0 Å². The number of carbonyl (C=O) groups excluding carboxylic acids is 13. The number of primary amides is 1. The zero-order valence-electron chi connectivity index (χ0n) is 67.9. The number of aromatic nitrogens is 6.